The summed E-state index contributed by atoms with van der Waals surface area (Å²) in [6.45, 7) is 21.8. The average Bonchev–Trinajstić information content (AvgIpc) is 4.05. The van der Waals surface area contributed by atoms with Gasteiger partial charge >= 0.3 is 12.2 Å². The summed E-state index contributed by atoms with van der Waals surface area (Å²) in [5.41, 5.74) is 4.43. The van der Waals surface area contributed by atoms with Gasteiger partial charge < -0.3 is 14.3 Å². The van der Waals surface area contributed by atoms with E-state index in [1.165, 1.54) is 23.2 Å². The number of hydrogen-bond donors (Lipinski definition) is 2. The van der Waals surface area contributed by atoms with Crippen molar-refractivity contribution >= 4 is 78.9 Å². The molecule has 4 aromatic heterocycles. The highest BCUT2D eigenvalue weighted by atomic mass is 16.6. The fourth-order valence-electron chi connectivity index (χ4n) is 5.85. The molecule has 0 aliphatic carbocycles. The molecule has 328 valence electrons. The number of fused-ring (bicyclic) bond motifs is 4. The minimum Gasteiger partial charge on any atom is -0.442 e. The number of Topliss-reactive ketones (excluding diaryl/α,β-unsaturated/α-hetero) is 4. The maximum atomic E-state index is 12.0. The number of aromatic nitrogens is 8. The minimum atomic E-state index is -0.575. The number of nitrogens with one attached hydrogen (secondary N) is 2. The lowest BCUT2D eigenvalue weighted by Crippen LogP contribution is -2.27. The Bertz CT molecular complexity index is 2960. The van der Waals surface area contributed by atoms with Crippen LogP contribution in [0.5, 0.6) is 0 Å². The number of benzene rings is 4. The monoisotopic (exact) mass is 865 g/mol. The predicted octanol–water partition coefficient (Wildman–Crippen LogP) is 9.47. The molecule has 17 nitrogen and oxygen atoms in total. The van der Waals surface area contributed by atoms with E-state index in [1.54, 1.807) is 134 Å². The number of ketones is 4. The zero-order valence-corrected chi connectivity index (χ0v) is 36.8. The van der Waals surface area contributed by atoms with Crippen LogP contribution in [-0.2, 0) is 9.47 Å². The average molecular weight is 866 g/mol. The Hall–Kier alpha value is -8.13. The van der Waals surface area contributed by atoms with Crippen molar-refractivity contribution in [1.82, 2.24) is 40.0 Å². The summed E-state index contributed by atoms with van der Waals surface area (Å²) in [4.78, 5) is 71.9. The van der Waals surface area contributed by atoms with Crippen LogP contribution in [0.3, 0.4) is 0 Å². The Balaban J connectivity index is 0.000000163. The van der Waals surface area contributed by atoms with Gasteiger partial charge in [-0.15, -0.1) is 0 Å². The molecule has 8 rings (SSSR count). The molecule has 17 heteroatoms. The molecule has 0 aliphatic heterocycles. The van der Waals surface area contributed by atoms with Gasteiger partial charge in [-0.3, -0.25) is 29.4 Å². The third kappa shape index (κ3) is 12.3. The lowest BCUT2D eigenvalue weighted by Gasteiger charge is -2.19. The molecule has 64 heavy (non-hydrogen) atoms. The number of nitrogens with zero attached hydrogens (tertiary/aromatic N) is 7. The van der Waals surface area contributed by atoms with Crippen LogP contribution in [0, 0.1) is 6.57 Å². The summed E-state index contributed by atoms with van der Waals surface area (Å²) in [6.07, 6.45) is 5.40. The molecule has 4 heterocycles. The van der Waals surface area contributed by atoms with E-state index in [9.17, 15) is 28.8 Å². The van der Waals surface area contributed by atoms with Crippen molar-refractivity contribution in [2.24, 2.45) is 0 Å². The Morgan fingerprint density at radius 1 is 0.547 bits per heavy atom. The van der Waals surface area contributed by atoms with Crippen molar-refractivity contribution in [3.8, 4) is 0 Å². The van der Waals surface area contributed by atoms with Gasteiger partial charge in [0.1, 0.15) is 11.2 Å². The van der Waals surface area contributed by atoms with E-state index in [4.69, 9.17) is 16.0 Å². The van der Waals surface area contributed by atoms with Crippen molar-refractivity contribution in [2.75, 3.05) is 6.54 Å². The Morgan fingerprint density at radius 3 is 1.28 bits per heavy atom. The predicted molar refractivity (Wildman–Crippen MR) is 241 cm³/mol. The topological polar surface area (TPSA) is 218 Å². The lowest BCUT2D eigenvalue weighted by molar-refractivity contribution is 0.0511. The minimum absolute atomic E-state index is 0.0214. The van der Waals surface area contributed by atoms with Gasteiger partial charge in [0, 0.05) is 43.8 Å². The SMILES string of the molecule is CC(=O)c1ccc2[nH]ncc2c1.CC(=O)c1ccc2c(cnn2C(=O)OC(C)(C)C)c1.CC(=O)c1ccc2c(cnn2C(=O)OC(C)(C)C)c1.[C-]#[N+]CC(=O)c1ccc2[nH]ncc2c1. The first kappa shape index (κ1) is 46.9. The molecule has 0 saturated heterocycles. The molecule has 4 aromatic carbocycles. The van der Waals surface area contributed by atoms with Crippen LogP contribution < -0.4 is 0 Å². The zero-order valence-electron chi connectivity index (χ0n) is 36.8. The molecule has 0 atom stereocenters. The molecule has 8 aromatic rings. The van der Waals surface area contributed by atoms with Crippen molar-refractivity contribution < 1.29 is 38.2 Å². The summed E-state index contributed by atoms with van der Waals surface area (Å²) < 4.78 is 12.9. The largest absolute Gasteiger partial charge is 0.442 e. The van der Waals surface area contributed by atoms with Crippen molar-refractivity contribution in [3.63, 3.8) is 0 Å². The van der Waals surface area contributed by atoms with E-state index in [-0.39, 0.29) is 29.7 Å². The number of aromatic amines is 2. The Labute approximate surface area is 367 Å². The number of hydrogen-bond acceptors (Lipinski definition) is 12. The van der Waals surface area contributed by atoms with Gasteiger partial charge in [-0.25, -0.2) is 16.2 Å². The van der Waals surface area contributed by atoms with E-state index in [1.807, 2.05) is 12.1 Å². The molecule has 0 unspecified atom stereocenters. The van der Waals surface area contributed by atoms with Crippen LogP contribution in [0.1, 0.15) is 104 Å². The van der Waals surface area contributed by atoms with Crippen LogP contribution in [0.25, 0.3) is 48.5 Å². The maximum absolute atomic E-state index is 12.0. The molecular weight excluding hydrogens is 819 g/mol. The van der Waals surface area contributed by atoms with Crippen LogP contribution in [0.15, 0.2) is 97.6 Å². The third-order valence-corrected chi connectivity index (χ3v) is 8.91. The van der Waals surface area contributed by atoms with Gasteiger partial charge in [0.15, 0.2) is 17.3 Å². The molecule has 0 fully saturated rings. The molecule has 0 spiro atoms. The molecule has 0 saturated carbocycles. The Morgan fingerprint density at radius 2 is 0.906 bits per heavy atom. The summed E-state index contributed by atoms with van der Waals surface area (Å²) >= 11 is 0. The van der Waals surface area contributed by atoms with E-state index in [0.29, 0.717) is 27.7 Å². The van der Waals surface area contributed by atoms with Gasteiger partial charge in [-0.1, -0.05) is 0 Å². The number of ether oxygens (including phenoxy) is 2. The smallest absolute Gasteiger partial charge is 0.435 e. The van der Waals surface area contributed by atoms with Gasteiger partial charge in [-0.2, -0.15) is 29.8 Å². The zero-order chi connectivity index (χ0) is 46.9. The van der Waals surface area contributed by atoms with Gasteiger partial charge in [0.25, 0.3) is 6.54 Å². The number of H-pyrrole nitrogens is 2. The molecule has 0 bridgehead atoms. The normalized spacial score (nSPS) is 11.0. The van der Waals surface area contributed by atoms with E-state index in [0.717, 1.165) is 38.1 Å². The molecule has 2 N–H and O–H groups in total. The highest BCUT2D eigenvalue weighted by molar-refractivity contribution is 6.02. The molecule has 0 amide bonds. The van der Waals surface area contributed by atoms with Gasteiger partial charge in [-0.05, 0) is 135 Å². The van der Waals surface area contributed by atoms with Crippen molar-refractivity contribution in [2.45, 2.75) is 73.5 Å². The number of carbonyl (C=O) groups excluding carboxylic acids is 6. The second-order valence-electron chi connectivity index (χ2n) is 16.4. The summed E-state index contributed by atoms with van der Waals surface area (Å²) in [7, 11) is 0. The summed E-state index contributed by atoms with van der Waals surface area (Å²) in [5, 5.41) is 24.7. The molecule has 0 radical (unpaired) electrons. The Kier molecular flexibility index (Phi) is 14.5. The van der Waals surface area contributed by atoms with Crippen LogP contribution in [-0.4, -0.2) is 93.0 Å². The third-order valence-electron chi connectivity index (χ3n) is 8.91. The van der Waals surface area contributed by atoms with Crippen molar-refractivity contribution in [1.29, 1.82) is 0 Å². The van der Waals surface area contributed by atoms with Gasteiger partial charge in [0.2, 0.25) is 5.78 Å². The number of rotatable bonds is 5. The van der Waals surface area contributed by atoms with E-state index < -0.39 is 23.4 Å². The standard InChI is InChI=1S/2C14H16N2O3.C10H7N3O.C9H8N2O/c2*1-9(17)10-5-6-12-11(7-10)8-15-16(12)13(18)19-14(2,3)4;1-11-6-10(14)7-2-3-9-8(4-7)5-12-13-9;1-6(12)7-2-3-9-8(4-7)5-10-11-9/h2*5-8H,1-4H3;2-5H,6H2,(H,12,13);2-5H,1H3,(H,10,11). The molecule has 0 aliphatic rings. The maximum Gasteiger partial charge on any atom is 0.435 e. The fraction of sp³-hybridized carbons (Fsp3) is 0.255. The van der Waals surface area contributed by atoms with E-state index >= 15 is 0 Å². The summed E-state index contributed by atoms with van der Waals surface area (Å²) in [6, 6.07) is 20.9. The quantitative estimate of drug-likeness (QED) is 0.122. The highest BCUT2D eigenvalue weighted by Gasteiger charge is 2.21. The van der Waals surface area contributed by atoms with Gasteiger partial charge in [0.05, 0.1) is 46.9 Å². The molecular formula is C47H47N9O8. The first-order valence-corrected chi connectivity index (χ1v) is 19.8. The first-order valence-electron chi connectivity index (χ1n) is 19.8. The highest BCUT2D eigenvalue weighted by Crippen LogP contribution is 2.20. The van der Waals surface area contributed by atoms with Crippen LogP contribution >= 0.6 is 0 Å². The first-order chi connectivity index (χ1) is 30.1. The van der Waals surface area contributed by atoms with E-state index in [2.05, 4.69) is 35.4 Å². The number of carbonyl (C=O) groups is 6. The van der Waals surface area contributed by atoms with Crippen LogP contribution in [0.4, 0.5) is 9.59 Å². The second kappa shape index (κ2) is 19.7. The second-order valence-corrected chi connectivity index (χ2v) is 16.4. The lowest BCUT2D eigenvalue weighted by atomic mass is 10.1. The van der Waals surface area contributed by atoms with Crippen molar-refractivity contribution in [3.05, 3.63) is 131 Å². The van der Waals surface area contributed by atoms with Crippen LogP contribution in [0.2, 0.25) is 0 Å². The summed E-state index contributed by atoms with van der Waals surface area (Å²) in [5.74, 6) is -0.111. The fourth-order valence-corrected chi connectivity index (χ4v) is 5.85.